The molecule has 0 saturated carbocycles. The van der Waals surface area contributed by atoms with Crippen LogP contribution in [0.15, 0.2) is 24.3 Å². The topological polar surface area (TPSA) is 285 Å². The molecule has 0 radical (unpaired) electrons. The molecule has 7 amide bonds. The Morgan fingerprint density at radius 2 is 1.49 bits per heavy atom. The van der Waals surface area contributed by atoms with Crippen molar-refractivity contribution >= 4 is 64.9 Å². The molecular weight excluding hydrogens is 1020 g/mol. The van der Waals surface area contributed by atoms with Crippen LogP contribution in [-0.2, 0) is 68.6 Å². The number of cyclic esters (lactones) is 2. The number of hydrogen-bond acceptors (Lipinski definition) is 15. The van der Waals surface area contributed by atoms with E-state index in [0.717, 1.165) is 6.92 Å². The van der Waals surface area contributed by atoms with Gasteiger partial charge in [0.05, 0.1) is 31.6 Å². The Labute approximate surface area is 465 Å². The molecule has 3 saturated heterocycles. The minimum atomic E-state index is -1.78. The SMILES string of the molecule is CC[C@H](C)[C@H]1NC(=O)[C@@H](NC(=O)[C@@H](CC(C)C)N(C)C(=O)C2CCCN2C(=O)C(C)=O)[C@@H](C)OC(=O)[C@H](Cc2ccc(OC)cc2)N(C)C(=O)C2CCCN2C(=O)[C@H](CC(C)C)NC(=O)[C@@H](C)C(=O)[C@H](C(C)C)OC(=O)C[C@@H]1O. The van der Waals surface area contributed by atoms with E-state index in [9.17, 15) is 57.8 Å². The van der Waals surface area contributed by atoms with Crippen molar-refractivity contribution in [2.75, 3.05) is 34.3 Å². The number of benzene rings is 1. The van der Waals surface area contributed by atoms with Gasteiger partial charge in [-0.2, -0.15) is 0 Å². The molecule has 0 spiro atoms. The van der Waals surface area contributed by atoms with Gasteiger partial charge in [-0.1, -0.05) is 73.9 Å². The molecule has 1 aromatic rings. The first-order chi connectivity index (χ1) is 37.0. The zero-order valence-electron chi connectivity index (χ0n) is 48.7. The molecule has 4 rings (SSSR count). The second-order valence-corrected chi connectivity index (χ2v) is 22.8. The number of rotatable bonds is 15. The van der Waals surface area contributed by atoms with Crippen LogP contribution in [0.2, 0.25) is 0 Å². The molecule has 3 aliphatic heterocycles. The third-order valence-electron chi connectivity index (χ3n) is 15.4. The summed E-state index contributed by atoms with van der Waals surface area (Å²) in [5.41, 5.74) is 0.566. The summed E-state index contributed by atoms with van der Waals surface area (Å²) in [7, 11) is 4.26. The Bertz CT molecular complexity index is 2380. The monoisotopic (exact) mass is 1110 g/mol. The first-order valence-corrected chi connectivity index (χ1v) is 27.9. The van der Waals surface area contributed by atoms with Gasteiger partial charge >= 0.3 is 11.9 Å². The van der Waals surface area contributed by atoms with Crippen LogP contribution in [0.1, 0.15) is 133 Å². The third kappa shape index (κ3) is 16.8. The van der Waals surface area contributed by atoms with Crippen molar-refractivity contribution in [2.24, 2.45) is 29.6 Å². The molecular formula is C57H87N7O15. The summed E-state index contributed by atoms with van der Waals surface area (Å²) in [6.07, 6.45) is -3.76. The second kappa shape index (κ2) is 29.1. The largest absolute Gasteiger partial charge is 0.497 e. The Kier molecular flexibility index (Phi) is 24.0. The summed E-state index contributed by atoms with van der Waals surface area (Å²) in [5, 5.41) is 20.1. The number of ether oxygens (including phenoxy) is 3. The van der Waals surface area contributed by atoms with E-state index in [1.165, 1.54) is 54.7 Å². The van der Waals surface area contributed by atoms with Crippen LogP contribution >= 0.6 is 0 Å². The average Bonchev–Trinajstić information content (AvgIpc) is 4.13. The molecule has 1 aromatic carbocycles. The maximum absolute atomic E-state index is 15.0. The van der Waals surface area contributed by atoms with Gasteiger partial charge in [0.1, 0.15) is 48.1 Å². The summed E-state index contributed by atoms with van der Waals surface area (Å²) in [5.74, 6) is -11.3. The van der Waals surface area contributed by atoms with Crippen LogP contribution < -0.4 is 20.7 Å². The Balaban J connectivity index is 1.89. The number of esters is 2. The molecule has 3 aliphatic rings. The van der Waals surface area contributed by atoms with Gasteiger partial charge < -0.3 is 54.9 Å². The molecule has 3 heterocycles. The quantitative estimate of drug-likeness (QED) is 0.112. The van der Waals surface area contributed by atoms with E-state index in [1.54, 1.807) is 52.0 Å². The zero-order chi connectivity index (χ0) is 59.3. The van der Waals surface area contributed by atoms with E-state index < -0.39 is 150 Å². The van der Waals surface area contributed by atoms with E-state index in [0.29, 0.717) is 30.6 Å². The predicted molar refractivity (Wildman–Crippen MR) is 289 cm³/mol. The fourth-order valence-corrected chi connectivity index (χ4v) is 10.5. The highest BCUT2D eigenvalue weighted by molar-refractivity contribution is 6.35. The number of Topliss-reactive ketones (excluding diaryl/α,β-unsaturated/α-hetero) is 2. The van der Waals surface area contributed by atoms with Crippen molar-refractivity contribution in [3.05, 3.63) is 29.8 Å². The maximum Gasteiger partial charge on any atom is 0.329 e. The lowest BCUT2D eigenvalue weighted by molar-refractivity contribution is -0.163. The van der Waals surface area contributed by atoms with Crippen molar-refractivity contribution in [2.45, 2.75) is 195 Å². The molecule has 3 fully saturated rings. The maximum atomic E-state index is 15.0. The van der Waals surface area contributed by atoms with Gasteiger partial charge in [0.2, 0.25) is 41.2 Å². The first-order valence-electron chi connectivity index (χ1n) is 27.9. The highest BCUT2D eigenvalue weighted by atomic mass is 16.6. The number of nitrogens with zero attached hydrogens (tertiary/aromatic N) is 4. The van der Waals surface area contributed by atoms with Gasteiger partial charge in [-0.25, -0.2) is 4.79 Å². The average molecular weight is 1110 g/mol. The number of carbonyl (C=O) groups is 11. The van der Waals surface area contributed by atoms with Crippen LogP contribution in [0.4, 0.5) is 0 Å². The van der Waals surface area contributed by atoms with Crippen molar-refractivity contribution in [3.63, 3.8) is 0 Å². The van der Waals surface area contributed by atoms with Crippen molar-refractivity contribution < 1.29 is 72.1 Å². The number of ketones is 2. The number of fused-ring (bicyclic) bond motifs is 1. The van der Waals surface area contributed by atoms with Crippen LogP contribution in [0.5, 0.6) is 5.75 Å². The standard InChI is InChI=1S/C57H87N7O15/c1-15-33(8)46-44(66)29-45(67)79-49(32(6)7)48(68)34(9)50(69)58-39(26-30(2)3)54(73)64-25-17-19-41(64)56(75)62(13)43(28-37-20-22-38(77-14)23-21-37)57(76)78-36(11)47(52(71)59-46)60-51(70)42(27-31(4)5)61(12)55(74)40-18-16-24-63(40)53(72)35(10)65/h20-23,30-34,36,39-44,46-47,49,66H,15-19,24-29H2,1-14H3,(H,58,69)(H,59,71)(H,60,70)/t33-,34-,36+,39-,40?,41?,42+,43-,44-,46+,47-,49-/m0/s1. The first kappa shape index (κ1) is 65.1. The number of aliphatic hydroxyl groups is 1. The lowest BCUT2D eigenvalue weighted by atomic mass is 9.91. The molecule has 440 valence electrons. The second-order valence-electron chi connectivity index (χ2n) is 22.8. The summed E-state index contributed by atoms with van der Waals surface area (Å²) in [6, 6.07) is -2.32. The number of nitrogens with one attached hydrogen (secondary N) is 3. The van der Waals surface area contributed by atoms with Gasteiger partial charge in [-0.05, 0) is 93.7 Å². The summed E-state index contributed by atoms with van der Waals surface area (Å²) < 4.78 is 17.2. The normalized spacial score (nSPS) is 27.2. The third-order valence-corrected chi connectivity index (χ3v) is 15.4. The molecule has 2 unspecified atom stereocenters. The van der Waals surface area contributed by atoms with Crippen molar-refractivity contribution in [1.29, 1.82) is 0 Å². The Hall–Kier alpha value is -6.45. The molecule has 22 heteroatoms. The van der Waals surface area contributed by atoms with Gasteiger partial charge in [0.15, 0.2) is 11.9 Å². The molecule has 0 aromatic heterocycles. The number of aliphatic hydroxyl groups excluding tert-OH is 1. The van der Waals surface area contributed by atoms with Gasteiger partial charge in [0, 0.05) is 40.5 Å². The molecule has 12 atom stereocenters. The Morgan fingerprint density at radius 1 is 0.861 bits per heavy atom. The smallest absolute Gasteiger partial charge is 0.329 e. The van der Waals surface area contributed by atoms with Gasteiger partial charge in [0.25, 0.3) is 5.91 Å². The van der Waals surface area contributed by atoms with Gasteiger partial charge in [-0.15, -0.1) is 0 Å². The zero-order valence-corrected chi connectivity index (χ0v) is 48.7. The predicted octanol–water partition coefficient (Wildman–Crippen LogP) is 2.52. The molecule has 22 nitrogen and oxygen atoms in total. The van der Waals surface area contributed by atoms with E-state index in [1.807, 2.05) is 27.7 Å². The lowest BCUT2D eigenvalue weighted by Crippen LogP contribution is -2.62. The number of likely N-dealkylation sites (N-methyl/N-ethyl adjacent to an activating group) is 2. The van der Waals surface area contributed by atoms with E-state index in [-0.39, 0.29) is 57.0 Å². The molecule has 0 aliphatic carbocycles. The highest BCUT2D eigenvalue weighted by Gasteiger charge is 2.46. The summed E-state index contributed by atoms with van der Waals surface area (Å²) in [4.78, 5) is 160. The van der Waals surface area contributed by atoms with Gasteiger partial charge in [-0.3, -0.25) is 47.9 Å². The number of amides is 7. The molecule has 79 heavy (non-hydrogen) atoms. The van der Waals surface area contributed by atoms with E-state index >= 15 is 0 Å². The van der Waals surface area contributed by atoms with Crippen molar-refractivity contribution in [1.82, 2.24) is 35.6 Å². The molecule has 4 N–H and O–H groups in total. The van der Waals surface area contributed by atoms with Crippen LogP contribution in [-0.4, -0.2) is 184 Å². The number of hydrogen-bond donors (Lipinski definition) is 4. The minimum absolute atomic E-state index is 0.0545. The van der Waals surface area contributed by atoms with Crippen molar-refractivity contribution in [3.8, 4) is 5.75 Å². The molecule has 0 bridgehead atoms. The van der Waals surface area contributed by atoms with Crippen LogP contribution in [0.25, 0.3) is 0 Å². The van der Waals surface area contributed by atoms with Crippen LogP contribution in [0.3, 0.4) is 0 Å². The minimum Gasteiger partial charge on any atom is -0.497 e. The lowest BCUT2D eigenvalue weighted by Gasteiger charge is -2.36. The highest BCUT2D eigenvalue weighted by Crippen LogP contribution is 2.27. The Morgan fingerprint density at radius 3 is 2.06 bits per heavy atom. The van der Waals surface area contributed by atoms with E-state index in [4.69, 9.17) is 14.2 Å². The fourth-order valence-electron chi connectivity index (χ4n) is 10.5. The summed E-state index contributed by atoms with van der Waals surface area (Å²) in [6.45, 7) is 18.1. The number of carbonyl (C=O) groups excluding carboxylic acids is 11. The summed E-state index contributed by atoms with van der Waals surface area (Å²) >= 11 is 0. The van der Waals surface area contributed by atoms with E-state index in [2.05, 4.69) is 16.0 Å². The van der Waals surface area contributed by atoms with Crippen LogP contribution in [0, 0.1) is 29.6 Å². The number of likely N-dealkylation sites (tertiary alicyclic amines) is 1. The fraction of sp³-hybridized carbons (Fsp3) is 0.702. The number of methoxy groups -OCH3 is 1.